The molecule has 2 rings (SSSR count). The summed E-state index contributed by atoms with van der Waals surface area (Å²) in [6.07, 6.45) is 0. The second-order valence-electron chi connectivity index (χ2n) is 5.17. The number of carboxylic acid groups (broad SMARTS) is 1. The summed E-state index contributed by atoms with van der Waals surface area (Å²) in [6.45, 7) is 2.71. The number of ether oxygens (including phenoxy) is 1. The van der Waals surface area contributed by atoms with Crippen molar-refractivity contribution in [2.45, 2.75) is 13.8 Å². The van der Waals surface area contributed by atoms with Crippen LogP contribution in [0.25, 0.3) is 11.0 Å². The van der Waals surface area contributed by atoms with Crippen LogP contribution in [-0.2, 0) is 9.53 Å². The van der Waals surface area contributed by atoms with Gasteiger partial charge < -0.3 is 20.0 Å². The van der Waals surface area contributed by atoms with E-state index in [-0.39, 0.29) is 12.4 Å². The van der Waals surface area contributed by atoms with Crippen LogP contribution in [0.3, 0.4) is 0 Å². The molecule has 6 heteroatoms. The normalized spacial score (nSPS) is 11.5. The number of hydrogen-bond acceptors (Lipinski definition) is 5. The van der Waals surface area contributed by atoms with E-state index >= 15 is 0 Å². The molecule has 0 aliphatic rings. The van der Waals surface area contributed by atoms with Gasteiger partial charge in [-0.05, 0) is 38.1 Å². The third-order valence-corrected chi connectivity index (χ3v) is 2.88. The lowest BCUT2D eigenvalue weighted by Crippen LogP contribution is -2.30. The number of aliphatic carboxylic acids is 1. The zero-order chi connectivity index (χ0) is 14.9. The number of esters is 1. The Kier molecular flexibility index (Phi) is 3.40. The summed E-state index contributed by atoms with van der Waals surface area (Å²) in [7, 11) is 0. The van der Waals surface area contributed by atoms with Gasteiger partial charge in [-0.25, -0.2) is 4.79 Å². The van der Waals surface area contributed by atoms with E-state index < -0.39 is 17.4 Å². The molecule has 0 amide bonds. The SMILES string of the molecule is CC(C)(COC(=O)c1cc2cc(N)ccc2o1)C(=O)O. The largest absolute Gasteiger partial charge is 0.481 e. The average molecular weight is 277 g/mol. The number of nitrogens with two attached hydrogens (primary N) is 1. The maximum atomic E-state index is 11.8. The number of hydrogen-bond donors (Lipinski definition) is 2. The fourth-order valence-electron chi connectivity index (χ4n) is 1.54. The van der Waals surface area contributed by atoms with Crippen molar-refractivity contribution in [2.75, 3.05) is 12.3 Å². The quantitative estimate of drug-likeness (QED) is 0.656. The Morgan fingerprint density at radius 3 is 2.70 bits per heavy atom. The van der Waals surface area contributed by atoms with Gasteiger partial charge in [-0.15, -0.1) is 0 Å². The number of rotatable bonds is 4. The van der Waals surface area contributed by atoms with Crippen molar-refractivity contribution in [2.24, 2.45) is 5.41 Å². The second kappa shape index (κ2) is 4.88. The Labute approximate surface area is 115 Å². The number of carbonyl (C=O) groups is 2. The molecule has 0 unspecified atom stereocenters. The number of benzene rings is 1. The first-order chi connectivity index (χ1) is 9.29. The van der Waals surface area contributed by atoms with Crippen LogP contribution in [0.15, 0.2) is 28.7 Å². The topological polar surface area (TPSA) is 103 Å². The molecular weight excluding hydrogens is 262 g/mol. The zero-order valence-corrected chi connectivity index (χ0v) is 11.2. The molecule has 0 aliphatic carbocycles. The summed E-state index contributed by atoms with van der Waals surface area (Å²) in [5, 5.41) is 9.63. The van der Waals surface area contributed by atoms with Gasteiger partial charge in [0.25, 0.3) is 0 Å². The van der Waals surface area contributed by atoms with E-state index in [1.165, 1.54) is 19.9 Å². The van der Waals surface area contributed by atoms with Crippen LogP contribution in [0.4, 0.5) is 5.69 Å². The van der Waals surface area contributed by atoms with Gasteiger partial charge in [-0.3, -0.25) is 4.79 Å². The van der Waals surface area contributed by atoms with Gasteiger partial charge >= 0.3 is 11.9 Å². The molecule has 0 radical (unpaired) electrons. The minimum atomic E-state index is -1.15. The maximum absolute atomic E-state index is 11.8. The molecule has 0 bridgehead atoms. The molecule has 0 saturated heterocycles. The van der Waals surface area contributed by atoms with Crippen LogP contribution in [-0.4, -0.2) is 23.7 Å². The van der Waals surface area contributed by atoms with Crippen LogP contribution in [0, 0.1) is 5.41 Å². The van der Waals surface area contributed by atoms with Gasteiger partial charge in [-0.2, -0.15) is 0 Å². The van der Waals surface area contributed by atoms with Crippen molar-refractivity contribution < 1.29 is 23.8 Å². The highest BCUT2D eigenvalue weighted by Gasteiger charge is 2.29. The van der Waals surface area contributed by atoms with Gasteiger partial charge in [0.1, 0.15) is 12.2 Å². The average Bonchev–Trinajstić information content (AvgIpc) is 2.78. The summed E-state index contributed by atoms with van der Waals surface area (Å²) in [4.78, 5) is 22.7. The van der Waals surface area contributed by atoms with E-state index in [4.69, 9.17) is 20.0 Å². The lowest BCUT2D eigenvalue weighted by Gasteiger charge is -2.17. The minimum absolute atomic E-state index is 0.0202. The molecule has 1 heterocycles. The van der Waals surface area contributed by atoms with Crippen LogP contribution in [0.5, 0.6) is 0 Å². The van der Waals surface area contributed by atoms with Crippen molar-refractivity contribution in [1.29, 1.82) is 0 Å². The predicted octanol–water partition coefficient (Wildman–Crippen LogP) is 2.28. The zero-order valence-electron chi connectivity index (χ0n) is 11.2. The highest BCUT2D eigenvalue weighted by Crippen LogP contribution is 2.23. The van der Waals surface area contributed by atoms with Crippen molar-refractivity contribution in [3.63, 3.8) is 0 Å². The summed E-state index contributed by atoms with van der Waals surface area (Å²) in [6, 6.07) is 6.51. The minimum Gasteiger partial charge on any atom is -0.481 e. The number of furan rings is 1. The van der Waals surface area contributed by atoms with E-state index in [0.717, 1.165) is 0 Å². The van der Waals surface area contributed by atoms with E-state index in [2.05, 4.69) is 0 Å². The first-order valence-electron chi connectivity index (χ1n) is 5.99. The number of carboxylic acids is 1. The lowest BCUT2D eigenvalue weighted by atomic mass is 9.95. The molecule has 0 aliphatic heterocycles. The smallest absolute Gasteiger partial charge is 0.374 e. The third-order valence-electron chi connectivity index (χ3n) is 2.88. The standard InChI is InChI=1S/C14H15NO5/c1-14(2,13(17)18)7-19-12(16)11-6-8-5-9(15)3-4-10(8)20-11/h3-6H,7,15H2,1-2H3,(H,17,18). The van der Waals surface area contributed by atoms with Crippen LogP contribution in [0.2, 0.25) is 0 Å². The maximum Gasteiger partial charge on any atom is 0.374 e. The second-order valence-corrected chi connectivity index (χ2v) is 5.17. The number of nitrogen functional groups attached to an aromatic ring is 1. The fourth-order valence-corrected chi connectivity index (χ4v) is 1.54. The first kappa shape index (κ1) is 13.9. The highest BCUT2D eigenvalue weighted by molar-refractivity contribution is 5.93. The summed E-state index contributed by atoms with van der Waals surface area (Å²) < 4.78 is 10.3. The highest BCUT2D eigenvalue weighted by atomic mass is 16.5. The first-order valence-corrected chi connectivity index (χ1v) is 5.99. The van der Waals surface area contributed by atoms with E-state index in [0.29, 0.717) is 16.7 Å². The summed E-state index contributed by atoms with van der Waals surface area (Å²) >= 11 is 0. The van der Waals surface area contributed by atoms with Crippen molar-refractivity contribution >= 4 is 28.6 Å². The lowest BCUT2D eigenvalue weighted by molar-refractivity contribution is -0.149. The third kappa shape index (κ3) is 2.74. The molecule has 20 heavy (non-hydrogen) atoms. The van der Waals surface area contributed by atoms with Gasteiger partial charge in [0.05, 0.1) is 5.41 Å². The van der Waals surface area contributed by atoms with Gasteiger partial charge in [0.2, 0.25) is 5.76 Å². The Morgan fingerprint density at radius 2 is 2.05 bits per heavy atom. The number of fused-ring (bicyclic) bond motifs is 1. The monoisotopic (exact) mass is 277 g/mol. The van der Waals surface area contributed by atoms with Crippen molar-refractivity contribution in [3.8, 4) is 0 Å². The Balaban J connectivity index is 2.14. The molecule has 2 aromatic rings. The molecule has 0 atom stereocenters. The molecule has 106 valence electrons. The van der Waals surface area contributed by atoms with Gasteiger partial charge in [0, 0.05) is 11.1 Å². The van der Waals surface area contributed by atoms with Crippen molar-refractivity contribution in [1.82, 2.24) is 0 Å². The molecule has 1 aromatic carbocycles. The van der Waals surface area contributed by atoms with Crippen molar-refractivity contribution in [3.05, 3.63) is 30.0 Å². The van der Waals surface area contributed by atoms with E-state index in [1.807, 2.05) is 0 Å². The van der Waals surface area contributed by atoms with Crippen LogP contribution < -0.4 is 5.73 Å². The van der Waals surface area contributed by atoms with E-state index in [1.54, 1.807) is 18.2 Å². The molecule has 0 spiro atoms. The fraction of sp³-hybridized carbons (Fsp3) is 0.286. The summed E-state index contributed by atoms with van der Waals surface area (Å²) in [5.74, 6) is -1.72. The molecule has 0 saturated carbocycles. The Morgan fingerprint density at radius 1 is 1.35 bits per heavy atom. The molecule has 3 N–H and O–H groups in total. The number of carbonyl (C=O) groups excluding carboxylic acids is 1. The molecule has 0 fully saturated rings. The predicted molar refractivity (Wildman–Crippen MR) is 72.3 cm³/mol. The van der Waals surface area contributed by atoms with Crippen LogP contribution in [0.1, 0.15) is 24.4 Å². The molecular formula is C14H15NO5. The molecule has 6 nitrogen and oxygen atoms in total. The van der Waals surface area contributed by atoms with Crippen LogP contribution >= 0.6 is 0 Å². The Bertz CT molecular complexity index is 671. The van der Waals surface area contributed by atoms with Gasteiger partial charge in [-0.1, -0.05) is 0 Å². The Hall–Kier alpha value is -2.50. The van der Waals surface area contributed by atoms with Gasteiger partial charge in [0.15, 0.2) is 0 Å². The van der Waals surface area contributed by atoms with E-state index in [9.17, 15) is 9.59 Å². The molecule has 1 aromatic heterocycles. The number of anilines is 1. The summed E-state index contributed by atoms with van der Waals surface area (Å²) in [5.41, 5.74) is 5.57.